The number of hydrazone groups is 1. The van der Waals surface area contributed by atoms with Gasteiger partial charge in [0.15, 0.2) is 0 Å². The van der Waals surface area contributed by atoms with E-state index in [4.69, 9.17) is 15.8 Å². The summed E-state index contributed by atoms with van der Waals surface area (Å²) in [7, 11) is 0. The summed E-state index contributed by atoms with van der Waals surface area (Å²) in [6, 6.07) is 7.25. The number of nitrogens with one attached hydrogen (secondary N) is 1. The topological polar surface area (TPSA) is 95.8 Å². The van der Waals surface area contributed by atoms with Gasteiger partial charge in [-0.15, -0.1) is 0 Å². The largest absolute Gasteiger partial charge is 0.275 e. The monoisotopic (exact) mass is 227 g/mol. The van der Waals surface area contributed by atoms with Crippen molar-refractivity contribution in [3.63, 3.8) is 0 Å². The first-order valence-corrected chi connectivity index (χ1v) is 4.46. The van der Waals surface area contributed by atoms with Gasteiger partial charge in [0.05, 0.1) is 11.3 Å². The lowest BCUT2D eigenvalue weighted by Crippen LogP contribution is -2.00. The minimum Gasteiger partial charge on any atom is -0.275 e. The van der Waals surface area contributed by atoms with Crippen LogP contribution in [0.5, 0.6) is 0 Å². The lowest BCUT2D eigenvalue weighted by atomic mass is 10.1. The Labute approximate surface area is 97.0 Å². The van der Waals surface area contributed by atoms with Gasteiger partial charge in [0.25, 0.3) is 0 Å². The quantitative estimate of drug-likeness (QED) is 0.615. The summed E-state index contributed by atoms with van der Waals surface area (Å²) in [5.74, 6) is -0.533. The molecule has 1 aromatic carbocycles. The van der Waals surface area contributed by atoms with E-state index in [1.54, 1.807) is 6.92 Å². The Morgan fingerprint density at radius 1 is 1.29 bits per heavy atom. The van der Waals surface area contributed by atoms with Crippen molar-refractivity contribution in [2.45, 2.75) is 6.92 Å². The summed E-state index contributed by atoms with van der Waals surface area (Å²) >= 11 is 0. The van der Waals surface area contributed by atoms with Crippen molar-refractivity contribution in [2.24, 2.45) is 5.10 Å². The highest BCUT2D eigenvalue weighted by Crippen LogP contribution is 2.20. The third-order valence-electron chi connectivity index (χ3n) is 1.91. The molecule has 82 valence electrons. The molecule has 0 atom stereocenters. The molecule has 0 heterocycles. The Bertz CT molecular complexity index is 582. The number of anilines is 1. The summed E-state index contributed by atoms with van der Waals surface area (Å²) in [6.45, 7) is 1.58. The van der Waals surface area contributed by atoms with Crippen molar-refractivity contribution in [3.8, 4) is 18.2 Å². The SMILES string of the molecule is Cc1cc(F)cc(NN=C(C#N)C#N)c1C#N. The van der Waals surface area contributed by atoms with Gasteiger partial charge in [-0.25, -0.2) is 4.39 Å². The molecule has 17 heavy (non-hydrogen) atoms. The molecule has 0 aromatic heterocycles. The van der Waals surface area contributed by atoms with Crippen molar-refractivity contribution >= 4 is 11.4 Å². The van der Waals surface area contributed by atoms with Crippen LogP contribution < -0.4 is 5.43 Å². The van der Waals surface area contributed by atoms with Crippen LogP contribution in [-0.2, 0) is 0 Å². The van der Waals surface area contributed by atoms with Crippen LogP contribution in [-0.4, -0.2) is 5.71 Å². The molecule has 0 unspecified atom stereocenters. The van der Waals surface area contributed by atoms with Gasteiger partial charge < -0.3 is 0 Å². The molecule has 1 rings (SSSR count). The van der Waals surface area contributed by atoms with Crippen LogP contribution in [0.3, 0.4) is 0 Å². The molecule has 0 spiro atoms. The van der Waals surface area contributed by atoms with Gasteiger partial charge in [0.1, 0.15) is 24.0 Å². The number of halogens is 1. The zero-order chi connectivity index (χ0) is 12.8. The van der Waals surface area contributed by atoms with Gasteiger partial charge in [0.2, 0.25) is 5.71 Å². The molecule has 0 aliphatic rings. The molecule has 1 N–H and O–H groups in total. The molecule has 1 aromatic rings. The Morgan fingerprint density at radius 2 is 1.94 bits per heavy atom. The average molecular weight is 227 g/mol. The number of nitrogens with zero attached hydrogens (tertiary/aromatic N) is 4. The van der Waals surface area contributed by atoms with Crippen LogP contribution in [0.4, 0.5) is 10.1 Å². The van der Waals surface area contributed by atoms with E-state index in [1.165, 1.54) is 18.2 Å². The van der Waals surface area contributed by atoms with Gasteiger partial charge in [-0.1, -0.05) is 0 Å². The number of nitriles is 3. The lowest BCUT2D eigenvalue weighted by Gasteiger charge is -2.05. The molecule has 0 radical (unpaired) electrons. The predicted molar refractivity (Wildman–Crippen MR) is 58.1 cm³/mol. The summed E-state index contributed by atoms with van der Waals surface area (Å²) in [4.78, 5) is 0. The third kappa shape index (κ3) is 2.77. The van der Waals surface area contributed by atoms with E-state index in [1.807, 2.05) is 6.07 Å². The molecule has 5 nitrogen and oxygen atoms in total. The van der Waals surface area contributed by atoms with Crippen LogP contribution >= 0.6 is 0 Å². The minimum atomic E-state index is -0.533. The van der Waals surface area contributed by atoms with E-state index in [2.05, 4.69) is 10.5 Å². The van der Waals surface area contributed by atoms with E-state index >= 15 is 0 Å². The second kappa shape index (κ2) is 5.25. The zero-order valence-electron chi connectivity index (χ0n) is 8.82. The van der Waals surface area contributed by atoms with E-state index in [-0.39, 0.29) is 11.3 Å². The predicted octanol–water partition coefficient (Wildman–Crippen LogP) is 1.82. The van der Waals surface area contributed by atoms with Crippen LogP contribution in [0.25, 0.3) is 0 Å². The van der Waals surface area contributed by atoms with Crippen LogP contribution in [0.1, 0.15) is 11.1 Å². The van der Waals surface area contributed by atoms with Crippen molar-refractivity contribution in [2.75, 3.05) is 5.43 Å². The molecular formula is C11H6FN5. The minimum absolute atomic E-state index is 0.119. The molecule has 0 amide bonds. The second-order valence-electron chi connectivity index (χ2n) is 3.05. The highest BCUT2D eigenvalue weighted by Gasteiger charge is 2.07. The lowest BCUT2D eigenvalue weighted by molar-refractivity contribution is 0.627. The van der Waals surface area contributed by atoms with Gasteiger partial charge in [-0.3, -0.25) is 5.43 Å². The molecule has 0 fully saturated rings. The maximum absolute atomic E-state index is 13.1. The van der Waals surface area contributed by atoms with E-state index in [0.29, 0.717) is 5.56 Å². The highest BCUT2D eigenvalue weighted by molar-refractivity contribution is 6.10. The van der Waals surface area contributed by atoms with Gasteiger partial charge in [0, 0.05) is 6.07 Å². The first-order chi connectivity index (χ1) is 8.12. The molecule has 6 heteroatoms. The number of hydrogen-bond acceptors (Lipinski definition) is 5. The Kier molecular flexibility index (Phi) is 3.76. The summed E-state index contributed by atoms with van der Waals surface area (Å²) < 4.78 is 13.1. The molecule has 0 bridgehead atoms. The van der Waals surface area contributed by atoms with Gasteiger partial charge in [-0.2, -0.15) is 20.9 Å². The molecular weight excluding hydrogens is 221 g/mol. The fraction of sp³-hybridized carbons (Fsp3) is 0.0909. The average Bonchev–Trinajstić information content (AvgIpc) is 2.29. The van der Waals surface area contributed by atoms with E-state index in [9.17, 15) is 4.39 Å². The number of benzene rings is 1. The second-order valence-corrected chi connectivity index (χ2v) is 3.05. The fourth-order valence-electron chi connectivity index (χ4n) is 1.17. The summed E-state index contributed by atoms with van der Waals surface area (Å²) in [5.41, 5.74) is 2.70. The first-order valence-electron chi connectivity index (χ1n) is 4.46. The highest BCUT2D eigenvalue weighted by atomic mass is 19.1. The maximum Gasteiger partial charge on any atom is 0.237 e. The normalized spacial score (nSPS) is 8.41. The summed E-state index contributed by atoms with van der Waals surface area (Å²) in [6.07, 6.45) is 0. The third-order valence-corrected chi connectivity index (χ3v) is 1.91. The van der Waals surface area contributed by atoms with Crippen molar-refractivity contribution < 1.29 is 4.39 Å². The number of rotatable bonds is 2. The molecule has 0 saturated heterocycles. The van der Waals surface area contributed by atoms with Crippen LogP contribution in [0, 0.1) is 46.7 Å². The van der Waals surface area contributed by atoms with Crippen LogP contribution in [0.2, 0.25) is 0 Å². The van der Waals surface area contributed by atoms with Crippen molar-refractivity contribution in [3.05, 3.63) is 29.1 Å². The van der Waals surface area contributed by atoms with Crippen LogP contribution in [0.15, 0.2) is 17.2 Å². The number of hydrogen-bond donors (Lipinski definition) is 1. The molecule has 0 aliphatic heterocycles. The first kappa shape index (κ1) is 12.2. The Morgan fingerprint density at radius 3 is 2.47 bits per heavy atom. The van der Waals surface area contributed by atoms with Crippen molar-refractivity contribution in [1.82, 2.24) is 0 Å². The van der Waals surface area contributed by atoms with E-state index in [0.717, 1.165) is 6.07 Å². The molecule has 0 aliphatic carbocycles. The molecule has 0 saturated carbocycles. The fourth-order valence-corrected chi connectivity index (χ4v) is 1.17. The van der Waals surface area contributed by atoms with E-state index < -0.39 is 11.5 Å². The Hall–Kier alpha value is -2.91. The standard InChI is InChI=1S/C11H6FN5/c1-7-2-8(12)3-11(10(7)6-15)17-16-9(4-13)5-14/h2-3,17H,1H3. The number of aryl methyl sites for hydroxylation is 1. The van der Waals surface area contributed by atoms with Gasteiger partial charge >= 0.3 is 0 Å². The van der Waals surface area contributed by atoms with Gasteiger partial charge in [-0.05, 0) is 18.6 Å². The zero-order valence-corrected chi connectivity index (χ0v) is 8.82. The smallest absolute Gasteiger partial charge is 0.237 e. The summed E-state index contributed by atoms with van der Waals surface area (Å²) in [5, 5.41) is 29.2. The van der Waals surface area contributed by atoms with Crippen molar-refractivity contribution in [1.29, 1.82) is 15.8 Å². The maximum atomic E-state index is 13.1. The Balaban J connectivity index is 3.18.